The third kappa shape index (κ3) is 2.16. The highest BCUT2D eigenvalue weighted by molar-refractivity contribution is 7.15. The number of nitrogens with one attached hydrogen (secondary N) is 1. The molecule has 0 aliphatic heterocycles. The van der Waals surface area contributed by atoms with Crippen LogP contribution in [0.4, 0.5) is 11.6 Å². The van der Waals surface area contributed by atoms with Crippen LogP contribution in [0.25, 0.3) is 4.96 Å². The van der Waals surface area contributed by atoms with Crippen molar-refractivity contribution in [2.75, 3.05) is 12.1 Å². The van der Waals surface area contributed by atoms with E-state index in [9.17, 15) is 14.9 Å². The number of carboxylic acid groups (broad SMARTS) is 1. The molecular formula is C7H6N4O5S. The minimum Gasteiger partial charge on any atom is -0.479 e. The molecule has 0 aromatic carbocycles. The highest BCUT2D eigenvalue weighted by atomic mass is 32.1. The number of carbonyl (C=O) groups is 1. The van der Waals surface area contributed by atoms with Crippen molar-refractivity contribution in [1.82, 2.24) is 9.38 Å². The summed E-state index contributed by atoms with van der Waals surface area (Å²) in [6.45, 7) is -0.623. The standard InChI is InChI=1S/C7H6N4O5S/c12-4(13)3-16-9-5-6(11(14)15)10-1-2-17-7(10)8-5/h1-2,9H,3H2,(H,12,13). The van der Waals surface area contributed by atoms with E-state index in [0.29, 0.717) is 4.96 Å². The topological polar surface area (TPSA) is 119 Å². The molecule has 2 aromatic heterocycles. The van der Waals surface area contributed by atoms with Crippen molar-refractivity contribution in [2.45, 2.75) is 0 Å². The van der Waals surface area contributed by atoms with Crippen molar-refractivity contribution in [3.63, 3.8) is 0 Å². The second-order valence-electron chi connectivity index (χ2n) is 2.88. The quantitative estimate of drug-likeness (QED) is 0.599. The maximum absolute atomic E-state index is 10.8. The molecule has 9 nitrogen and oxygen atoms in total. The molecule has 0 saturated carbocycles. The van der Waals surface area contributed by atoms with E-state index in [4.69, 9.17) is 5.11 Å². The van der Waals surface area contributed by atoms with Gasteiger partial charge in [0.25, 0.3) is 10.8 Å². The molecule has 0 atom stereocenters. The van der Waals surface area contributed by atoms with Crippen LogP contribution in [0.5, 0.6) is 0 Å². The molecule has 0 aliphatic rings. The number of carboxylic acids is 1. The summed E-state index contributed by atoms with van der Waals surface area (Å²) in [7, 11) is 0. The lowest BCUT2D eigenvalue weighted by Crippen LogP contribution is -2.12. The predicted octanol–water partition coefficient (Wildman–Crippen LogP) is 0.732. The lowest BCUT2D eigenvalue weighted by Gasteiger charge is -2.00. The SMILES string of the molecule is O=C(O)CONc1nc2sccn2c1[N+](=O)[O-]. The van der Waals surface area contributed by atoms with Crippen molar-refractivity contribution in [1.29, 1.82) is 0 Å². The van der Waals surface area contributed by atoms with E-state index in [2.05, 4.69) is 15.3 Å². The molecule has 0 aliphatic carbocycles. The maximum Gasteiger partial charge on any atom is 0.375 e. The fraction of sp³-hybridized carbons (Fsp3) is 0.143. The predicted molar refractivity (Wildman–Crippen MR) is 56.9 cm³/mol. The smallest absolute Gasteiger partial charge is 0.375 e. The van der Waals surface area contributed by atoms with Crippen molar-refractivity contribution >= 4 is 33.9 Å². The fourth-order valence-corrected chi connectivity index (χ4v) is 1.89. The van der Waals surface area contributed by atoms with Gasteiger partial charge in [-0.05, 0) is 4.92 Å². The van der Waals surface area contributed by atoms with Gasteiger partial charge in [0.1, 0.15) is 6.20 Å². The summed E-state index contributed by atoms with van der Waals surface area (Å²) in [5, 5.41) is 20.8. The van der Waals surface area contributed by atoms with Crippen LogP contribution >= 0.6 is 11.3 Å². The number of aliphatic carboxylic acids is 1. The normalized spacial score (nSPS) is 10.6. The zero-order chi connectivity index (χ0) is 12.4. The Morgan fingerprint density at radius 3 is 3.18 bits per heavy atom. The summed E-state index contributed by atoms with van der Waals surface area (Å²) in [5.74, 6) is -1.61. The number of rotatable bonds is 5. The van der Waals surface area contributed by atoms with Gasteiger partial charge in [-0.25, -0.2) is 10.3 Å². The van der Waals surface area contributed by atoms with E-state index >= 15 is 0 Å². The number of thiazole rings is 1. The number of anilines is 1. The van der Waals surface area contributed by atoms with E-state index in [1.807, 2.05) is 0 Å². The van der Waals surface area contributed by atoms with Crippen molar-refractivity contribution < 1.29 is 19.7 Å². The molecule has 2 aromatic rings. The van der Waals surface area contributed by atoms with Gasteiger partial charge in [0.2, 0.25) is 0 Å². The van der Waals surface area contributed by atoms with E-state index in [-0.39, 0.29) is 11.6 Å². The molecule has 17 heavy (non-hydrogen) atoms. The lowest BCUT2D eigenvalue weighted by atomic mass is 10.6. The molecule has 90 valence electrons. The van der Waals surface area contributed by atoms with Crippen LogP contribution in [0.15, 0.2) is 11.6 Å². The molecule has 2 N–H and O–H groups in total. The first-order valence-electron chi connectivity index (χ1n) is 4.29. The van der Waals surface area contributed by atoms with Crippen LogP contribution in [-0.4, -0.2) is 32.0 Å². The van der Waals surface area contributed by atoms with E-state index in [0.717, 1.165) is 0 Å². The molecule has 0 radical (unpaired) electrons. The van der Waals surface area contributed by atoms with Crippen LogP contribution in [0, 0.1) is 10.1 Å². The van der Waals surface area contributed by atoms with Gasteiger partial charge in [-0.15, -0.1) is 0 Å². The van der Waals surface area contributed by atoms with E-state index in [1.54, 1.807) is 5.38 Å². The summed E-state index contributed by atoms with van der Waals surface area (Å²) in [6, 6.07) is 0. The molecular weight excluding hydrogens is 252 g/mol. The molecule has 0 spiro atoms. The zero-order valence-corrected chi connectivity index (χ0v) is 9.01. The number of fused-ring (bicyclic) bond motifs is 1. The van der Waals surface area contributed by atoms with Gasteiger partial charge in [0.05, 0.1) is 0 Å². The second-order valence-corrected chi connectivity index (χ2v) is 3.75. The maximum atomic E-state index is 10.8. The molecule has 2 rings (SSSR count). The number of hydrogen-bond acceptors (Lipinski definition) is 7. The van der Waals surface area contributed by atoms with Gasteiger partial charge in [-0.1, -0.05) is 11.3 Å². The Bertz CT molecular complexity index is 576. The van der Waals surface area contributed by atoms with Crippen molar-refractivity contribution in [2.24, 2.45) is 0 Å². The van der Waals surface area contributed by atoms with Crippen LogP contribution < -0.4 is 5.48 Å². The van der Waals surface area contributed by atoms with Gasteiger partial charge >= 0.3 is 11.8 Å². The Labute approximate surface area is 97.4 Å². The van der Waals surface area contributed by atoms with Gasteiger partial charge in [-0.2, -0.15) is 9.38 Å². The molecule has 0 bridgehead atoms. The summed E-state index contributed by atoms with van der Waals surface area (Å²) < 4.78 is 1.27. The van der Waals surface area contributed by atoms with Crippen molar-refractivity contribution in [3.05, 3.63) is 21.7 Å². The summed E-state index contributed by atoms with van der Waals surface area (Å²) in [6.07, 6.45) is 1.49. The first-order chi connectivity index (χ1) is 8.09. The third-order valence-electron chi connectivity index (χ3n) is 1.77. The Morgan fingerprint density at radius 1 is 1.76 bits per heavy atom. The molecule has 0 fully saturated rings. The molecule has 0 amide bonds. The average Bonchev–Trinajstić information content (AvgIpc) is 2.75. The Morgan fingerprint density at radius 2 is 2.53 bits per heavy atom. The summed E-state index contributed by atoms with van der Waals surface area (Å²) >= 11 is 1.22. The van der Waals surface area contributed by atoms with Crippen LogP contribution in [0.3, 0.4) is 0 Å². The highest BCUT2D eigenvalue weighted by Crippen LogP contribution is 2.27. The summed E-state index contributed by atoms with van der Waals surface area (Å²) in [5.41, 5.74) is 2.15. The number of hydrogen-bond donors (Lipinski definition) is 2. The number of imidazole rings is 1. The van der Waals surface area contributed by atoms with Gasteiger partial charge in [-0.3, -0.25) is 4.84 Å². The lowest BCUT2D eigenvalue weighted by molar-refractivity contribution is -0.389. The number of nitro groups is 1. The van der Waals surface area contributed by atoms with Gasteiger partial charge < -0.3 is 15.2 Å². The van der Waals surface area contributed by atoms with Gasteiger partial charge in [0.15, 0.2) is 6.61 Å². The highest BCUT2D eigenvalue weighted by Gasteiger charge is 2.23. The second kappa shape index (κ2) is 4.35. The largest absolute Gasteiger partial charge is 0.479 e. The van der Waals surface area contributed by atoms with E-state index in [1.165, 1.54) is 21.9 Å². The van der Waals surface area contributed by atoms with Crippen molar-refractivity contribution in [3.8, 4) is 0 Å². The van der Waals surface area contributed by atoms with Gasteiger partial charge in [0, 0.05) is 5.38 Å². The van der Waals surface area contributed by atoms with Crippen LogP contribution in [-0.2, 0) is 9.63 Å². The Kier molecular flexibility index (Phi) is 2.89. The third-order valence-corrected chi connectivity index (χ3v) is 2.53. The monoisotopic (exact) mass is 258 g/mol. The summed E-state index contributed by atoms with van der Waals surface area (Å²) in [4.78, 5) is 29.3. The minimum absolute atomic E-state index is 0.122. The molecule has 0 unspecified atom stereocenters. The number of nitrogens with zero attached hydrogens (tertiary/aromatic N) is 3. The van der Waals surface area contributed by atoms with Crippen LogP contribution in [0.2, 0.25) is 0 Å². The zero-order valence-electron chi connectivity index (χ0n) is 8.19. The number of aromatic nitrogens is 2. The molecule has 0 saturated heterocycles. The first kappa shape index (κ1) is 11.3. The van der Waals surface area contributed by atoms with Crippen LogP contribution in [0.1, 0.15) is 0 Å². The molecule has 2 heterocycles. The fourth-order valence-electron chi connectivity index (χ4n) is 1.18. The Balaban J connectivity index is 2.26. The minimum atomic E-state index is -1.19. The average molecular weight is 258 g/mol. The first-order valence-corrected chi connectivity index (χ1v) is 5.17. The Hall–Kier alpha value is -2.20. The van der Waals surface area contributed by atoms with E-state index < -0.39 is 17.5 Å². The molecule has 10 heteroatoms.